The summed E-state index contributed by atoms with van der Waals surface area (Å²) in [6.45, 7) is 3.91. The average molecular weight is 240 g/mol. The highest BCUT2D eigenvalue weighted by Gasteiger charge is 2.40. The summed E-state index contributed by atoms with van der Waals surface area (Å²) in [5.41, 5.74) is 0. The summed E-state index contributed by atoms with van der Waals surface area (Å²) < 4.78 is 10.8. The number of hydrogen-bond donors (Lipinski definition) is 0. The molecule has 1 saturated heterocycles. The first-order valence-electron chi connectivity index (χ1n) is 4.21. The van der Waals surface area contributed by atoms with Crippen molar-refractivity contribution < 1.29 is 14.1 Å². The van der Waals surface area contributed by atoms with E-state index in [2.05, 4.69) is 17.9 Å². The zero-order chi connectivity index (χ0) is 10.0. The van der Waals surface area contributed by atoms with Gasteiger partial charge in [-0.1, -0.05) is 31.7 Å². The molecule has 6 heteroatoms. The zero-order valence-electron chi connectivity index (χ0n) is 7.77. The third-order valence-electron chi connectivity index (χ3n) is 2.16. The molecule has 0 N–H and O–H groups in total. The van der Waals surface area contributed by atoms with E-state index in [9.17, 15) is 4.79 Å². The monoisotopic (exact) mass is 240 g/mol. The lowest BCUT2D eigenvalue weighted by atomic mass is 10.0. The smallest absolute Gasteiger partial charge is 0.222 e. The molecule has 1 aliphatic heterocycles. The molecule has 0 radical (unpaired) electrons. The number of rotatable bonds is 3. The van der Waals surface area contributed by atoms with Crippen LogP contribution in [0, 0.1) is 5.92 Å². The Morgan fingerprint density at radius 2 is 2.23 bits per heavy atom. The molecule has 2 unspecified atom stereocenters. The summed E-state index contributed by atoms with van der Waals surface area (Å²) in [6, 6.07) is 0. The summed E-state index contributed by atoms with van der Waals surface area (Å²) >= 11 is 0. The first-order valence-corrected chi connectivity index (χ1v) is 8.71. The maximum absolute atomic E-state index is 11.6. The zero-order valence-corrected chi connectivity index (χ0v) is 11.0. The number of carbonyl (C=O) groups is 1. The van der Waals surface area contributed by atoms with Gasteiger partial charge in [-0.2, -0.15) is 0 Å². The standard InChI is InChI=1S/C7H15O3P3/c1-3-5-4(2)6(8)7(9-5)10-13(11)12/h4-5,7H,3,11-12H2,1-2H3/t4-,5-,7-/m1/s1. The number of ketones is 1. The van der Waals surface area contributed by atoms with Crippen LogP contribution in [0.5, 0.6) is 0 Å². The Morgan fingerprint density at radius 3 is 2.62 bits per heavy atom. The molecule has 0 aromatic heterocycles. The normalized spacial score (nSPS) is 34.5. The van der Waals surface area contributed by atoms with Crippen LogP contribution in [0.2, 0.25) is 0 Å². The molecule has 0 saturated carbocycles. The van der Waals surface area contributed by atoms with E-state index in [1.165, 1.54) is 0 Å². The van der Waals surface area contributed by atoms with Crippen molar-refractivity contribution in [2.24, 2.45) is 5.92 Å². The molecule has 0 amide bonds. The fourth-order valence-corrected chi connectivity index (χ4v) is 2.42. The Hall–Kier alpha value is 0.880. The van der Waals surface area contributed by atoms with E-state index < -0.39 is 13.8 Å². The van der Waals surface area contributed by atoms with Gasteiger partial charge in [0.2, 0.25) is 6.29 Å². The van der Waals surface area contributed by atoms with Crippen LogP contribution in [0.1, 0.15) is 20.3 Å². The van der Waals surface area contributed by atoms with Crippen LogP contribution in [-0.2, 0) is 14.1 Å². The van der Waals surface area contributed by atoms with Crippen LogP contribution in [0.3, 0.4) is 0 Å². The molecular weight excluding hydrogens is 225 g/mol. The Labute approximate surface area is 84.3 Å². The van der Waals surface area contributed by atoms with Gasteiger partial charge in [-0.3, -0.25) is 4.79 Å². The van der Waals surface area contributed by atoms with E-state index in [0.29, 0.717) is 0 Å². The Kier molecular flexibility index (Phi) is 4.69. The lowest BCUT2D eigenvalue weighted by Crippen LogP contribution is -2.19. The molecule has 13 heavy (non-hydrogen) atoms. The highest BCUT2D eigenvalue weighted by atomic mass is 32.4. The predicted octanol–water partition coefficient (Wildman–Crippen LogP) is 2.32. The minimum atomic E-state index is -0.694. The summed E-state index contributed by atoms with van der Waals surface area (Å²) in [5.74, 6) is 0.0456. The fourth-order valence-electron chi connectivity index (χ4n) is 1.38. The van der Waals surface area contributed by atoms with E-state index >= 15 is 0 Å². The van der Waals surface area contributed by atoms with Crippen molar-refractivity contribution in [1.29, 1.82) is 0 Å². The molecule has 0 aromatic rings. The summed E-state index contributed by atoms with van der Waals surface area (Å²) in [4.78, 5) is 11.6. The minimum Gasteiger partial charge on any atom is -0.342 e. The fraction of sp³-hybridized carbons (Fsp3) is 0.857. The van der Waals surface area contributed by atoms with Gasteiger partial charge in [-0.15, -0.1) is 0 Å². The van der Waals surface area contributed by atoms with E-state index in [0.717, 1.165) is 6.42 Å². The van der Waals surface area contributed by atoms with Gasteiger partial charge in [0.05, 0.1) is 13.6 Å². The van der Waals surface area contributed by atoms with Crippen molar-refractivity contribution >= 4 is 31.2 Å². The first kappa shape index (κ1) is 12.0. The lowest BCUT2D eigenvalue weighted by Gasteiger charge is -2.13. The Morgan fingerprint density at radius 1 is 1.62 bits per heavy atom. The highest BCUT2D eigenvalue weighted by Crippen LogP contribution is 2.55. The molecule has 5 atom stereocenters. The lowest BCUT2D eigenvalue weighted by molar-refractivity contribution is -0.137. The van der Waals surface area contributed by atoms with Gasteiger partial charge >= 0.3 is 0 Å². The van der Waals surface area contributed by atoms with E-state index in [1.807, 2.05) is 13.8 Å². The number of ether oxygens (including phenoxy) is 1. The highest BCUT2D eigenvalue weighted by molar-refractivity contribution is 8.41. The van der Waals surface area contributed by atoms with Crippen molar-refractivity contribution in [2.45, 2.75) is 32.7 Å². The summed E-state index contributed by atoms with van der Waals surface area (Å²) in [5, 5.41) is 0. The van der Waals surface area contributed by atoms with Crippen LogP contribution in [-0.4, -0.2) is 18.2 Å². The van der Waals surface area contributed by atoms with Crippen LogP contribution < -0.4 is 0 Å². The second-order valence-electron chi connectivity index (χ2n) is 3.07. The topological polar surface area (TPSA) is 35.5 Å². The maximum Gasteiger partial charge on any atom is 0.222 e. The van der Waals surface area contributed by atoms with Gasteiger partial charge in [-0.25, -0.2) is 0 Å². The largest absolute Gasteiger partial charge is 0.342 e. The van der Waals surface area contributed by atoms with Gasteiger partial charge in [0.25, 0.3) is 0 Å². The molecule has 1 heterocycles. The quantitative estimate of drug-likeness (QED) is 0.710. The molecule has 1 rings (SSSR count). The van der Waals surface area contributed by atoms with E-state index in [-0.39, 0.29) is 17.8 Å². The molecule has 1 aliphatic rings. The predicted molar refractivity (Wildman–Crippen MR) is 60.5 cm³/mol. The molecule has 3 nitrogen and oxygen atoms in total. The van der Waals surface area contributed by atoms with Crippen molar-refractivity contribution in [2.75, 3.05) is 0 Å². The summed E-state index contributed by atoms with van der Waals surface area (Å²) in [7, 11) is 4.34. The molecule has 1 fully saturated rings. The first-order chi connectivity index (χ1) is 6.06. The second-order valence-corrected chi connectivity index (χ2v) is 8.84. The van der Waals surface area contributed by atoms with Crippen molar-refractivity contribution in [3.05, 3.63) is 0 Å². The third-order valence-corrected chi connectivity index (χ3v) is 3.32. The molecule has 0 aromatic carbocycles. The van der Waals surface area contributed by atoms with E-state index in [1.54, 1.807) is 0 Å². The van der Waals surface area contributed by atoms with Crippen LogP contribution in [0.15, 0.2) is 0 Å². The van der Waals surface area contributed by atoms with E-state index in [4.69, 9.17) is 9.26 Å². The van der Waals surface area contributed by atoms with Crippen LogP contribution in [0.4, 0.5) is 0 Å². The van der Waals surface area contributed by atoms with Gasteiger partial charge in [0.15, 0.2) is 5.78 Å². The number of carbonyl (C=O) groups excluding carboxylic acids is 1. The van der Waals surface area contributed by atoms with Gasteiger partial charge in [-0.05, 0) is 6.42 Å². The number of Topliss-reactive ketones (excluding diaryl/α,β-unsaturated/α-hetero) is 1. The average Bonchev–Trinajstić information content (AvgIpc) is 2.32. The van der Waals surface area contributed by atoms with Crippen LogP contribution >= 0.6 is 25.4 Å². The van der Waals surface area contributed by atoms with Crippen molar-refractivity contribution in [3.8, 4) is 0 Å². The maximum atomic E-state index is 11.6. The van der Waals surface area contributed by atoms with Gasteiger partial charge in [0.1, 0.15) is 0 Å². The third kappa shape index (κ3) is 2.91. The Balaban J connectivity index is 2.55. The van der Waals surface area contributed by atoms with Crippen LogP contribution in [0.25, 0.3) is 0 Å². The second kappa shape index (κ2) is 5.10. The minimum absolute atomic E-state index is 0.0278. The summed E-state index contributed by atoms with van der Waals surface area (Å²) in [6.07, 6.45) is 0.252. The van der Waals surface area contributed by atoms with Gasteiger partial charge in [0, 0.05) is 5.92 Å². The van der Waals surface area contributed by atoms with Crippen molar-refractivity contribution in [3.63, 3.8) is 0 Å². The van der Waals surface area contributed by atoms with Crippen molar-refractivity contribution in [1.82, 2.24) is 0 Å². The molecule has 0 bridgehead atoms. The SMILES string of the molecule is CC[C@H]1O[C@H](OP(P)P)C(=O)[C@@H]1C. The number of hydrogen-bond acceptors (Lipinski definition) is 3. The molecule has 0 spiro atoms. The molecular formula is C7H15O3P3. The van der Waals surface area contributed by atoms with Gasteiger partial charge < -0.3 is 9.26 Å². The molecule has 76 valence electrons. The Bertz CT molecular complexity index is 197. The molecule has 0 aliphatic carbocycles.